The van der Waals surface area contributed by atoms with Crippen LogP contribution in [-0.4, -0.2) is 4.57 Å². The van der Waals surface area contributed by atoms with Crippen LogP contribution in [0.3, 0.4) is 0 Å². The van der Waals surface area contributed by atoms with Gasteiger partial charge in [0.25, 0.3) is 0 Å². The van der Waals surface area contributed by atoms with Crippen molar-refractivity contribution in [2.75, 3.05) is 0 Å². The molecule has 44 heavy (non-hydrogen) atoms. The average molecular weight is 627 g/mol. The van der Waals surface area contributed by atoms with Crippen molar-refractivity contribution in [3.05, 3.63) is 174 Å². The van der Waals surface area contributed by atoms with E-state index in [4.69, 9.17) is 0 Å². The normalized spacial score (nSPS) is 11.3. The molecule has 0 saturated carbocycles. The van der Waals surface area contributed by atoms with Crippen LogP contribution >= 0.6 is 15.9 Å². The summed E-state index contributed by atoms with van der Waals surface area (Å²) in [6.45, 7) is 0. The summed E-state index contributed by atoms with van der Waals surface area (Å²) in [6.07, 6.45) is 0. The molecule has 8 rings (SSSR count). The fraction of sp³-hybridized carbons (Fsp3) is 0. The zero-order chi connectivity index (χ0) is 29.5. The lowest BCUT2D eigenvalue weighted by Gasteiger charge is -2.14. The number of rotatable bonds is 5. The van der Waals surface area contributed by atoms with Gasteiger partial charge in [0.05, 0.1) is 11.0 Å². The molecule has 0 aliphatic carbocycles. The van der Waals surface area contributed by atoms with Gasteiger partial charge in [-0.05, 0) is 93.0 Å². The van der Waals surface area contributed by atoms with Crippen LogP contribution in [0.5, 0.6) is 0 Å². The third-order valence-electron chi connectivity index (χ3n) is 8.46. The van der Waals surface area contributed by atoms with Crippen LogP contribution in [0.2, 0.25) is 0 Å². The van der Waals surface area contributed by atoms with Gasteiger partial charge in [-0.3, -0.25) is 0 Å². The summed E-state index contributed by atoms with van der Waals surface area (Å²) in [5, 5.41) is 2.49. The number of benzene rings is 7. The first-order valence-electron chi connectivity index (χ1n) is 14.9. The summed E-state index contributed by atoms with van der Waals surface area (Å²) in [5.41, 5.74) is 13.2. The first kappa shape index (κ1) is 26.4. The fourth-order valence-corrected chi connectivity index (χ4v) is 6.60. The Kier molecular flexibility index (Phi) is 6.70. The Morgan fingerprint density at radius 1 is 0.341 bits per heavy atom. The zero-order valence-corrected chi connectivity index (χ0v) is 25.6. The third-order valence-corrected chi connectivity index (χ3v) is 8.99. The van der Waals surface area contributed by atoms with Crippen molar-refractivity contribution in [3.63, 3.8) is 0 Å². The molecule has 7 aromatic carbocycles. The predicted molar refractivity (Wildman–Crippen MR) is 190 cm³/mol. The second-order valence-electron chi connectivity index (χ2n) is 11.1. The van der Waals surface area contributed by atoms with Crippen molar-refractivity contribution in [2.24, 2.45) is 0 Å². The molecule has 0 bridgehead atoms. The number of nitrogens with zero attached hydrogens (tertiary/aromatic N) is 1. The molecule has 2 heteroatoms. The average Bonchev–Trinajstić information content (AvgIpc) is 3.42. The van der Waals surface area contributed by atoms with E-state index in [1.54, 1.807) is 0 Å². The Hall–Kier alpha value is -5.18. The fourth-order valence-electron chi connectivity index (χ4n) is 6.33. The van der Waals surface area contributed by atoms with Crippen LogP contribution in [0.25, 0.3) is 72.0 Å². The summed E-state index contributed by atoms with van der Waals surface area (Å²) in [7, 11) is 0. The van der Waals surface area contributed by atoms with Crippen LogP contribution in [0, 0.1) is 0 Å². The van der Waals surface area contributed by atoms with Gasteiger partial charge in [0.15, 0.2) is 0 Å². The van der Waals surface area contributed by atoms with Crippen molar-refractivity contribution in [2.45, 2.75) is 0 Å². The molecule has 0 fully saturated rings. The maximum Gasteiger partial charge on any atom is 0.0547 e. The Morgan fingerprint density at radius 2 is 0.864 bits per heavy atom. The van der Waals surface area contributed by atoms with Crippen LogP contribution in [-0.2, 0) is 0 Å². The molecule has 0 amide bonds. The number of halogens is 1. The van der Waals surface area contributed by atoms with E-state index < -0.39 is 0 Å². The number of hydrogen-bond donors (Lipinski definition) is 0. The van der Waals surface area contributed by atoms with E-state index in [0.29, 0.717) is 0 Å². The molecule has 8 aromatic rings. The lowest BCUT2D eigenvalue weighted by molar-refractivity contribution is 1.18. The summed E-state index contributed by atoms with van der Waals surface area (Å²) in [5.74, 6) is 0. The van der Waals surface area contributed by atoms with Crippen molar-refractivity contribution >= 4 is 37.7 Å². The van der Waals surface area contributed by atoms with E-state index in [1.165, 1.54) is 66.3 Å². The van der Waals surface area contributed by atoms with Gasteiger partial charge in [-0.15, -0.1) is 0 Å². The molecule has 1 heterocycles. The molecular formula is C42H28BrN. The van der Waals surface area contributed by atoms with Crippen molar-refractivity contribution < 1.29 is 0 Å². The largest absolute Gasteiger partial charge is 0.309 e. The van der Waals surface area contributed by atoms with Crippen LogP contribution in [0.4, 0.5) is 0 Å². The summed E-state index contributed by atoms with van der Waals surface area (Å²) < 4.78 is 3.51. The first-order chi connectivity index (χ1) is 21.7. The second kappa shape index (κ2) is 11.1. The zero-order valence-electron chi connectivity index (χ0n) is 24.0. The molecule has 1 nitrogen and oxygen atoms in total. The molecule has 0 aliphatic heterocycles. The molecule has 0 radical (unpaired) electrons. The van der Waals surface area contributed by atoms with Crippen molar-refractivity contribution in [3.8, 4) is 50.2 Å². The number of para-hydroxylation sites is 1. The maximum absolute atomic E-state index is 3.58. The molecule has 1 aromatic heterocycles. The monoisotopic (exact) mass is 625 g/mol. The third kappa shape index (κ3) is 4.74. The van der Waals surface area contributed by atoms with E-state index in [1.807, 2.05) is 0 Å². The number of aromatic nitrogens is 1. The van der Waals surface area contributed by atoms with Gasteiger partial charge in [0, 0.05) is 20.9 Å². The minimum absolute atomic E-state index is 1.08. The first-order valence-corrected chi connectivity index (χ1v) is 15.7. The Labute approximate surface area is 265 Å². The highest BCUT2D eigenvalue weighted by molar-refractivity contribution is 9.10. The van der Waals surface area contributed by atoms with Gasteiger partial charge in [-0.25, -0.2) is 0 Å². The Balaban J connectivity index is 1.43. The number of hydrogen-bond acceptors (Lipinski definition) is 0. The Morgan fingerprint density at radius 3 is 1.59 bits per heavy atom. The van der Waals surface area contributed by atoms with E-state index in [0.717, 1.165) is 10.2 Å². The molecule has 0 N–H and O–H groups in total. The minimum Gasteiger partial charge on any atom is -0.309 e. The molecule has 0 atom stereocenters. The summed E-state index contributed by atoms with van der Waals surface area (Å²) >= 11 is 3.58. The molecule has 0 spiro atoms. The van der Waals surface area contributed by atoms with E-state index in [2.05, 4.69) is 190 Å². The number of fused-ring (bicyclic) bond motifs is 3. The van der Waals surface area contributed by atoms with Gasteiger partial charge >= 0.3 is 0 Å². The summed E-state index contributed by atoms with van der Waals surface area (Å²) in [6, 6.07) is 61.3. The topological polar surface area (TPSA) is 4.93 Å². The van der Waals surface area contributed by atoms with Gasteiger partial charge in [-0.1, -0.05) is 137 Å². The summed E-state index contributed by atoms with van der Waals surface area (Å²) in [4.78, 5) is 0. The van der Waals surface area contributed by atoms with Crippen molar-refractivity contribution in [1.82, 2.24) is 4.57 Å². The smallest absolute Gasteiger partial charge is 0.0547 e. The Bertz CT molecular complexity index is 2250. The predicted octanol–water partition coefficient (Wildman–Crippen LogP) is 12.2. The van der Waals surface area contributed by atoms with Gasteiger partial charge < -0.3 is 4.57 Å². The second-order valence-corrected chi connectivity index (χ2v) is 12.1. The van der Waals surface area contributed by atoms with Crippen LogP contribution < -0.4 is 0 Å². The molecule has 0 aliphatic rings. The van der Waals surface area contributed by atoms with Gasteiger partial charge in [-0.2, -0.15) is 0 Å². The standard InChI is InChI=1S/C42H28BrN/c43-35-22-19-30(20-23-35)32-15-10-16-34(25-32)39-28-42-40(27-38(39)31-13-6-2-7-14-31)37-24-21-33(29-11-4-1-5-12-29)26-41(37)44(42)36-17-8-3-9-18-36/h1-28H. The van der Waals surface area contributed by atoms with Gasteiger partial charge in [0.1, 0.15) is 0 Å². The minimum atomic E-state index is 1.08. The SMILES string of the molecule is Brc1ccc(-c2cccc(-c3cc4c(cc3-c3ccccc3)c3ccc(-c5ccccc5)cc3n4-c3ccccc3)c2)cc1. The lowest BCUT2D eigenvalue weighted by Crippen LogP contribution is -1.95. The van der Waals surface area contributed by atoms with Gasteiger partial charge in [0.2, 0.25) is 0 Å². The van der Waals surface area contributed by atoms with E-state index >= 15 is 0 Å². The molecule has 208 valence electrons. The highest BCUT2D eigenvalue weighted by Gasteiger charge is 2.18. The van der Waals surface area contributed by atoms with Crippen LogP contribution in [0.15, 0.2) is 174 Å². The highest BCUT2D eigenvalue weighted by Crippen LogP contribution is 2.42. The quantitative estimate of drug-likeness (QED) is 0.179. The molecular weight excluding hydrogens is 598 g/mol. The van der Waals surface area contributed by atoms with E-state index in [9.17, 15) is 0 Å². The highest BCUT2D eigenvalue weighted by atomic mass is 79.9. The lowest BCUT2D eigenvalue weighted by atomic mass is 9.91. The van der Waals surface area contributed by atoms with Crippen LogP contribution in [0.1, 0.15) is 0 Å². The maximum atomic E-state index is 3.58. The van der Waals surface area contributed by atoms with Crippen molar-refractivity contribution in [1.29, 1.82) is 0 Å². The molecule has 0 unspecified atom stereocenters. The van der Waals surface area contributed by atoms with E-state index in [-0.39, 0.29) is 0 Å². The molecule has 0 saturated heterocycles.